The summed E-state index contributed by atoms with van der Waals surface area (Å²) in [6.45, 7) is 0. The summed E-state index contributed by atoms with van der Waals surface area (Å²) in [6.07, 6.45) is 0. The van der Waals surface area contributed by atoms with Crippen LogP contribution >= 0.6 is 36.9 Å². The fraction of sp³-hybridized carbons (Fsp3) is 0. The zero-order valence-electron chi connectivity index (χ0n) is 3.71. The fourth-order valence-corrected chi connectivity index (χ4v) is 0. The summed E-state index contributed by atoms with van der Waals surface area (Å²) in [6, 6.07) is 0. The van der Waals surface area contributed by atoms with Gasteiger partial charge in [0.2, 0.25) is 0 Å². The van der Waals surface area contributed by atoms with Crippen molar-refractivity contribution in [2.45, 2.75) is 0 Å². The van der Waals surface area contributed by atoms with Crippen LogP contribution in [0.25, 0.3) is 0 Å². The van der Waals surface area contributed by atoms with Gasteiger partial charge in [-0.05, 0) is 0 Å². The van der Waals surface area contributed by atoms with Crippen molar-refractivity contribution in [3.8, 4) is 0 Å². The second-order valence-corrected chi connectivity index (χ2v) is 0. The molecule has 0 aliphatic rings. The average Bonchev–Trinajstić information content (AvgIpc) is 0. The molecule has 2 radical (unpaired) electrons. The molecule has 0 nitrogen and oxygen atoms in total. The Morgan fingerprint density at radius 1 is 0.600 bits per heavy atom. The van der Waals surface area contributed by atoms with Crippen LogP contribution in [0.3, 0.4) is 0 Å². The molecule has 0 spiro atoms. The third-order valence-corrected chi connectivity index (χ3v) is 0. The molecular weight excluding hydrogens is 109 g/mol. The zero-order chi connectivity index (χ0) is 0. The van der Waals surface area contributed by atoms with Gasteiger partial charge in [0, 0.05) is 37.7 Å². The van der Waals surface area contributed by atoms with E-state index in [1.54, 1.807) is 0 Å². The third-order valence-electron chi connectivity index (χ3n) is 0. The molecule has 0 bridgehead atoms. The first-order valence-electron chi connectivity index (χ1n) is 0. The second-order valence-electron chi connectivity index (χ2n) is 0. The molecule has 0 N–H and O–H groups in total. The Balaban J connectivity index is 0. The van der Waals surface area contributed by atoms with Gasteiger partial charge in [0.15, 0.2) is 0 Å². The van der Waals surface area contributed by atoms with Gasteiger partial charge in [0.25, 0.3) is 0 Å². The standard InChI is InChI=1S/2Li.H3P.2H2S/h;;1H3;2*1H2. The average molecular weight is 116 g/mol. The van der Waals surface area contributed by atoms with Crippen molar-refractivity contribution in [2.24, 2.45) is 0 Å². The van der Waals surface area contributed by atoms with Crippen LogP contribution in [0, 0.1) is 0 Å². The Labute approximate surface area is 74.1 Å². The third kappa shape index (κ3) is 21.9. The molecule has 5 heteroatoms. The van der Waals surface area contributed by atoms with Crippen LogP contribution in [0.5, 0.6) is 0 Å². The SMILES string of the molecule is P.S.S.[Li].[Li]. The van der Waals surface area contributed by atoms with E-state index in [0.29, 0.717) is 0 Å². The van der Waals surface area contributed by atoms with Crippen LogP contribution in [0.4, 0.5) is 0 Å². The molecule has 0 aliphatic heterocycles. The van der Waals surface area contributed by atoms with Crippen molar-refractivity contribution in [1.82, 2.24) is 0 Å². The Hall–Kier alpha value is 2.32. The van der Waals surface area contributed by atoms with Gasteiger partial charge < -0.3 is 0 Å². The van der Waals surface area contributed by atoms with Crippen molar-refractivity contribution >= 4 is 74.6 Å². The van der Waals surface area contributed by atoms with Crippen molar-refractivity contribution in [2.75, 3.05) is 0 Å². The quantitative estimate of drug-likeness (QED) is 0.296. The Kier molecular flexibility index (Phi) is 360. The summed E-state index contributed by atoms with van der Waals surface area (Å²) >= 11 is 0. The minimum atomic E-state index is 0. The summed E-state index contributed by atoms with van der Waals surface area (Å²) in [4.78, 5) is 0. The van der Waals surface area contributed by atoms with E-state index in [2.05, 4.69) is 0 Å². The molecule has 0 rings (SSSR count). The molecule has 0 amide bonds. The first-order chi connectivity index (χ1) is 0. The van der Waals surface area contributed by atoms with Crippen molar-refractivity contribution in [1.29, 1.82) is 0 Å². The molecule has 0 aromatic carbocycles. The van der Waals surface area contributed by atoms with Gasteiger partial charge in [0.05, 0.1) is 0 Å². The molecule has 26 valence electrons. The monoisotopic (exact) mass is 116 g/mol. The molecule has 0 saturated carbocycles. The zero-order valence-corrected chi connectivity index (χ0v) is 7.12. The predicted octanol–water partition coefficient (Wildman–Crippen LogP) is -0.478. The Morgan fingerprint density at radius 2 is 0.600 bits per heavy atom. The van der Waals surface area contributed by atoms with Crippen LogP contribution in [0.15, 0.2) is 0 Å². The Morgan fingerprint density at radius 3 is 0.600 bits per heavy atom. The van der Waals surface area contributed by atoms with Crippen LogP contribution in [0.1, 0.15) is 0 Å². The largest absolute Gasteiger partial charge is 0.197 e. The van der Waals surface area contributed by atoms with Gasteiger partial charge in [-0.15, -0.1) is 0 Å². The maximum atomic E-state index is 0. The molecule has 5 heavy (non-hydrogen) atoms. The van der Waals surface area contributed by atoms with E-state index in [0.717, 1.165) is 0 Å². The molecule has 0 aromatic rings. The van der Waals surface area contributed by atoms with E-state index in [1.807, 2.05) is 0 Å². The van der Waals surface area contributed by atoms with Gasteiger partial charge in [-0.3, -0.25) is 0 Å². The molecule has 0 aliphatic carbocycles. The molecule has 0 aromatic heterocycles. The minimum Gasteiger partial charge on any atom is -0.197 e. The predicted molar refractivity (Wildman–Crippen MR) is 43.4 cm³/mol. The molecule has 0 saturated heterocycles. The smallest absolute Gasteiger partial charge is 0 e. The molecule has 0 fully saturated rings. The van der Waals surface area contributed by atoms with E-state index in [9.17, 15) is 0 Å². The van der Waals surface area contributed by atoms with Gasteiger partial charge >= 0.3 is 0 Å². The number of hydrogen-bond donors (Lipinski definition) is 0. The van der Waals surface area contributed by atoms with Crippen molar-refractivity contribution in [3.63, 3.8) is 0 Å². The van der Waals surface area contributed by atoms with Crippen LogP contribution in [-0.4, -0.2) is 37.7 Å². The molecule has 0 heterocycles. The van der Waals surface area contributed by atoms with Gasteiger partial charge in [-0.1, -0.05) is 0 Å². The summed E-state index contributed by atoms with van der Waals surface area (Å²) in [5.74, 6) is 0. The van der Waals surface area contributed by atoms with Crippen LogP contribution in [0.2, 0.25) is 0 Å². The van der Waals surface area contributed by atoms with E-state index in [-0.39, 0.29) is 74.6 Å². The van der Waals surface area contributed by atoms with E-state index >= 15 is 0 Å². The summed E-state index contributed by atoms with van der Waals surface area (Å²) in [5.41, 5.74) is 0. The van der Waals surface area contributed by atoms with Gasteiger partial charge in [0.1, 0.15) is 0 Å². The Bertz CT molecular complexity index is 7.61. The molecular formula is H7Li2PS2. The van der Waals surface area contributed by atoms with E-state index in [4.69, 9.17) is 0 Å². The maximum absolute atomic E-state index is 0. The van der Waals surface area contributed by atoms with Gasteiger partial charge in [-0.2, -0.15) is 36.9 Å². The van der Waals surface area contributed by atoms with E-state index < -0.39 is 0 Å². The maximum Gasteiger partial charge on any atom is 0 e. The van der Waals surface area contributed by atoms with Crippen LogP contribution < -0.4 is 0 Å². The topological polar surface area (TPSA) is 0 Å². The van der Waals surface area contributed by atoms with Crippen LogP contribution in [-0.2, 0) is 0 Å². The number of rotatable bonds is 0. The summed E-state index contributed by atoms with van der Waals surface area (Å²) in [7, 11) is 0. The first-order valence-corrected chi connectivity index (χ1v) is 0. The summed E-state index contributed by atoms with van der Waals surface area (Å²) < 4.78 is 0. The molecule has 1 unspecified atom stereocenters. The van der Waals surface area contributed by atoms with Gasteiger partial charge in [-0.25, -0.2) is 0 Å². The van der Waals surface area contributed by atoms with Crippen molar-refractivity contribution < 1.29 is 0 Å². The minimum absolute atomic E-state index is 0. The van der Waals surface area contributed by atoms with Crippen molar-refractivity contribution in [3.05, 3.63) is 0 Å². The second kappa shape index (κ2) is 33.2. The number of hydrogen-bond acceptors (Lipinski definition) is 0. The first kappa shape index (κ1) is 54.2. The fourth-order valence-electron chi connectivity index (χ4n) is 0. The summed E-state index contributed by atoms with van der Waals surface area (Å²) in [5, 5.41) is 0. The normalized spacial score (nSPS) is 0. The van der Waals surface area contributed by atoms with E-state index in [1.165, 1.54) is 0 Å². The molecule has 1 atom stereocenters.